The van der Waals surface area contributed by atoms with Gasteiger partial charge in [-0.05, 0) is 49.7 Å². The van der Waals surface area contributed by atoms with Gasteiger partial charge in [-0.3, -0.25) is 4.99 Å². The minimum atomic E-state index is -0.118. The molecule has 144 valence electrons. The first-order valence-corrected chi connectivity index (χ1v) is 10.1. The molecule has 0 aliphatic heterocycles. The van der Waals surface area contributed by atoms with E-state index in [1.807, 2.05) is 12.1 Å². The Labute approximate surface area is 156 Å². The summed E-state index contributed by atoms with van der Waals surface area (Å²) in [5, 5.41) is 16.3. The first kappa shape index (κ1) is 19.2. The van der Waals surface area contributed by atoms with E-state index in [1.165, 1.54) is 25.3 Å². The van der Waals surface area contributed by atoms with Gasteiger partial charge in [-0.2, -0.15) is 0 Å². The molecule has 1 aromatic rings. The largest absolute Gasteiger partial charge is 0.396 e. The molecular weight excluding hydrogens is 329 g/mol. The molecule has 0 heterocycles. The molecule has 2 saturated carbocycles. The highest BCUT2D eigenvalue weighted by Gasteiger charge is 2.40. The Bertz CT molecular complexity index is 608. The molecule has 0 amide bonds. The lowest BCUT2D eigenvalue weighted by Crippen LogP contribution is -2.40. The van der Waals surface area contributed by atoms with Gasteiger partial charge in [0.1, 0.15) is 5.82 Å². The first-order valence-electron chi connectivity index (χ1n) is 10.1. The molecule has 3 rings (SSSR count). The third kappa shape index (κ3) is 4.76. The number of nitrogens with one attached hydrogen (secondary N) is 2. The number of aliphatic imine (C=N–C) groups is 1. The lowest BCUT2D eigenvalue weighted by Gasteiger charge is -2.35. The van der Waals surface area contributed by atoms with E-state index in [9.17, 15) is 9.50 Å². The Morgan fingerprint density at radius 2 is 2.04 bits per heavy atom. The summed E-state index contributed by atoms with van der Waals surface area (Å²) in [6.45, 7) is 3.84. The minimum Gasteiger partial charge on any atom is -0.396 e. The molecular formula is C21H32FN3O. The third-order valence-electron chi connectivity index (χ3n) is 5.89. The summed E-state index contributed by atoms with van der Waals surface area (Å²) in [6, 6.07) is 7.29. The summed E-state index contributed by atoms with van der Waals surface area (Å²) in [4.78, 5) is 4.85. The summed E-state index contributed by atoms with van der Waals surface area (Å²) in [7, 11) is 0. The fourth-order valence-corrected chi connectivity index (χ4v) is 4.24. The van der Waals surface area contributed by atoms with Crippen LogP contribution in [-0.2, 0) is 0 Å². The summed E-state index contributed by atoms with van der Waals surface area (Å²) in [5.41, 5.74) is 0.939. The van der Waals surface area contributed by atoms with Crippen LogP contribution in [0.3, 0.4) is 0 Å². The van der Waals surface area contributed by atoms with Crippen molar-refractivity contribution in [2.75, 3.05) is 19.7 Å². The van der Waals surface area contributed by atoms with Crippen LogP contribution < -0.4 is 10.6 Å². The predicted molar refractivity (Wildman–Crippen MR) is 104 cm³/mol. The van der Waals surface area contributed by atoms with E-state index in [0.29, 0.717) is 0 Å². The van der Waals surface area contributed by atoms with Crippen LogP contribution in [0, 0.1) is 11.2 Å². The Morgan fingerprint density at radius 1 is 1.27 bits per heavy atom. The molecule has 5 heteroatoms. The van der Waals surface area contributed by atoms with Gasteiger partial charge in [0.25, 0.3) is 0 Å². The number of aliphatic hydroxyl groups is 1. The number of hydrogen-bond donors (Lipinski definition) is 3. The maximum Gasteiger partial charge on any atom is 0.191 e. The second-order valence-corrected chi connectivity index (χ2v) is 7.84. The van der Waals surface area contributed by atoms with Crippen molar-refractivity contribution in [3.05, 3.63) is 35.6 Å². The first-order chi connectivity index (χ1) is 12.7. The molecule has 1 aromatic carbocycles. The zero-order valence-corrected chi connectivity index (χ0v) is 15.8. The van der Waals surface area contributed by atoms with Crippen molar-refractivity contribution in [1.82, 2.24) is 10.6 Å². The molecule has 4 nitrogen and oxygen atoms in total. The van der Waals surface area contributed by atoms with E-state index in [-0.39, 0.29) is 29.8 Å². The maximum absolute atomic E-state index is 14.0. The van der Waals surface area contributed by atoms with Gasteiger partial charge in [0.05, 0.1) is 0 Å². The standard InChI is InChI=1S/C21H32FN3O/c1-2-23-20(24-15-21(12-13-26)10-6-3-7-11-21)25-19-14-17(19)16-8-4-5-9-18(16)22/h4-5,8-9,17,19,26H,2-3,6-7,10-15H2,1H3,(H2,23,24,25). The third-order valence-corrected chi connectivity index (χ3v) is 5.89. The highest BCUT2D eigenvalue weighted by atomic mass is 19.1. The van der Waals surface area contributed by atoms with E-state index in [4.69, 9.17) is 4.99 Å². The highest BCUT2D eigenvalue weighted by Crippen LogP contribution is 2.42. The number of halogens is 1. The molecule has 0 spiro atoms. The lowest BCUT2D eigenvalue weighted by molar-refractivity contribution is 0.137. The summed E-state index contributed by atoms with van der Waals surface area (Å²) in [6.07, 6.45) is 7.83. The van der Waals surface area contributed by atoms with Crippen LogP contribution >= 0.6 is 0 Å². The van der Waals surface area contributed by atoms with Gasteiger partial charge in [-0.1, -0.05) is 37.5 Å². The predicted octanol–water partition coefficient (Wildman–Crippen LogP) is 3.57. The number of aliphatic hydroxyl groups excluding tert-OH is 1. The summed E-state index contributed by atoms with van der Waals surface area (Å²) < 4.78 is 14.0. The van der Waals surface area contributed by atoms with E-state index in [2.05, 4.69) is 17.6 Å². The second kappa shape index (κ2) is 8.85. The van der Waals surface area contributed by atoms with Gasteiger partial charge in [0.2, 0.25) is 0 Å². The molecule has 0 bridgehead atoms. The lowest BCUT2D eigenvalue weighted by atomic mass is 9.72. The van der Waals surface area contributed by atoms with Crippen molar-refractivity contribution in [3.8, 4) is 0 Å². The average Bonchev–Trinajstić information content (AvgIpc) is 3.40. The molecule has 0 saturated heterocycles. The van der Waals surface area contributed by atoms with E-state index < -0.39 is 0 Å². The molecule has 2 unspecified atom stereocenters. The van der Waals surface area contributed by atoms with Gasteiger partial charge < -0.3 is 15.7 Å². The number of nitrogens with zero attached hydrogens (tertiary/aromatic N) is 1. The molecule has 3 N–H and O–H groups in total. The number of guanidine groups is 1. The van der Waals surface area contributed by atoms with Crippen molar-refractivity contribution in [1.29, 1.82) is 0 Å². The van der Waals surface area contributed by atoms with E-state index in [1.54, 1.807) is 6.07 Å². The van der Waals surface area contributed by atoms with Crippen LogP contribution in [0.4, 0.5) is 4.39 Å². The van der Waals surface area contributed by atoms with Crippen molar-refractivity contribution in [3.63, 3.8) is 0 Å². The van der Waals surface area contributed by atoms with Crippen LogP contribution in [0.15, 0.2) is 29.3 Å². The summed E-state index contributed by atoms with van der Waals surface area (Å²) >= 11 is 0. The van der Waals surface area contributed by atoms with Crippen LogP contribution in [0.25, 0.3) is 0 Å². The van der Waals surface area contributed by atoms with Gasteiger partial charge >= 0.3 is 0 Å². The SMILES string of the molecule is CCNC(=NCC1(CCO)CCCCC1)NC1CC1c1ccccc1F. The van der Waals surface area contributed by atoms with Crippen LogP contribution in [0.5, 0.6) is 0 Å². The zero-order valence-electron chi connectivity index (χ0n) is 15.8. The molecule has 2 atom stereocenters. The molecule has 26 heavy (non-hydrogen) atoms. The minimum absolute atomic E-state index is 0.118. The topological polar surface area (TPSA) is 56.7 Å². The van der Waals surface area contributed by atoms with Crippen molar-refractivity contribution in [2.45, 2.75) is 63.8 Å². The molecule has 0 aromatic heterocycles. The molecule has 2 aliphatic carbocycles. The quantitative estimate of drug-likeness (QED) is 0.514. The Hall–Kier alpha value is -1.62. The number of benzene rings is 1. The second-order valence-electron chi connectivity index (χ2n) is 7.84. The van der Waals surface area contributed by atoms with Crippen LogP contribution in [0.1, 0.15) is 63.4 Å². The van der Waals surface area contributed by atoms with Crippen LogP contribution in [0.2, 0.25) is 0 Å². The zero-order chi connectivity index (χ0) is 18.4. The Kier molecular flexibility index (Phi) is 6.52. The van der Waals surface area contributed by atoms with Crippen molar-refractivity contribution >= 4 is 5.96 Å². The monoisotopic (exact) mass is 361 g/mol. The average molecular weight is 362 g/mol. The number of rotatable bonds is 7. The van der Waals surface area contributed by atoms with Crippen molar-refractivity contribution in [2.24, 2.45) is 10.4 Å². The van der Waals surface area contributed by atoms with Gasteiger partial charge in [0, 0.05) is 31.7 Å². The van der Waals surface area contributed by atoms with Crippen LogP contribution in [-0.4, -0.2) is 36.8 Å². The van der Waals surface area contributed by atoms with E-state index >= 15 is 0 Å². The Morgan fingerprint density at radius 3 is 2.73 bits per heavy atom. The van der Waals surface area contributed by atoms with Gasteiger partial charge in [-0.25, -0.2) is 4.39 Å². The highest BCUT2D eigenvalue weighted by molar-refractivity contribution is 5.80. The molecule has 2 fully saturated rings. The van der Waals surface area contributed by atoms with E-state index in [0.717, 1.165) is 50.3 Å². The normalized spacial score (nSPS) is 25.0. The summed E-state index contributed by atoms with van der Waals surface area (Å²) in [5.74, 6) is 0.924. The molecule has 0 radical (unpaired) electrons. The van der Waals surface area contributed by atoms with Gasteiger partial charge in [-0.15, -0.1) is 0 Å². The fourth-order valence-electron chi connectivity index (χ4n) is 4.24. The number of hydrogen-bond acceptors (Lipinski definition) is 2. The fraction of sp³-hybridized carbons (Fsp3) is 0.667. The van der Waals surface area contributed by atoms with Gasteiger partial charge in [0.15, 0.2) is 5.96 Å². The Balaban J connectivity index is 1.62. The molecule has 2 aliphatic rings. The van der Waals surface area contributed by atoms with Crippen molar-refractivity contribution < 1.29 is 9.50 Å². The maximum atomic E-state index is 14.0. The smallest absolute Gasteiger partial charge is 0.191 e.